The van der Waals surface area contributed by atoms with Crippen molar-refractivity contribution in [3.8, 4) is 22.9 Å². The van der Waals surface area contributed by atoms with Crippen LogP contribution in [0.1, 0.15) is 46.7 Å². The predicted molar refractivity (Wildman–Crippen MR) is 224 cm³/mol. The van der Waals surface area contributed by atoms with Crippen LogP contribution in [0.5, 0.6) is 0 Å². The van der Waals surface area contributed by atoms with E-state index in [0.717, 1.165) is 10.8 Å². The number of hydrogen-bond acceptors (Lipinski definition) is 9. The van der Waals surface area contributed by atoms with Crippen LogP contribution < -0.4 is 10.6 Å². The molecule has 5 heterocycles. The number of nitrogens with one attached hydrogen (secondary N) is 2. The Morgan fingerprint density at radius 2 is 0.983 bits per heavy atom. The van der Waals surface area contributed by atoms with Crippen LogP contribution in [0, 0.1) is 0 Å². The van der Waals surface area contributed by atoms with Crippen LogP contribution in [-0.2, 0) is 9.59 Å². The first-order chi connectivity index (χ1) is 28.7. The zero-order valence-electron chi connectivity index (χ0n) is 31.3. The number of pyridine rings is 2. The van der Waals surface area contributed by atoms with Crippen LogP contribution in [0.15, 0.2) is 114 Å². The monoisotopic (exact) mass is 824 g/mol. The molecule has 4 amide bonds. The number of fused-ring (bicyclic) bond motifs is 2. The molecular formula is C44H34Cl2N8O5. The van der Waals surface area contributed by atoms with E-state index in [2.05, 4.69) is 30.8 Å². The summed E-state index contributed by atoms with van der Waals surface area (Å²) in [6, 6.07) is 30.8. The van der Waals surface area contributed by atoms with Crippen LogP contribution >= 0.6 is 23.2 Å². The second-order valence-corrected chi connectivity index (χ2v) is 15.2. The summed E-state index contributed by atoms with van der Waals surface area (Å²) in [5, 5.41) is 17.7. The smallest absolute Gasteiger partial charge is 0.273 e. The Balaban J connectivity index is 0.823. The molecule has 13 nitrogen and oxygen atoms in total. The van der Waals surface area contributed by atoms with E-state index in [0.29, 0.717) is 72.0 Å². The number of carbonyl (C=O) groups is 4. The Hall–Kier alpha value is -6.70. The minimum absolute atomic E-state index is 0.213. The van der Waals surface area contributed by atoms with Gasteiger partial charge in [-0.05, 0) is 97.1 Å². The Morgan fingerprint density at radius 1 is 0.576 bits per heavy atom. The number of aromatic nitrogens is 4. The lowest BCUT2D eigenvalue weighted by Gasteiger charge is -2.24. The predicted octanol–water partition coefficient (Wildman–Crippen LogP) is 8.29. The van der Waals surface area contributed by atoms with Gasteiger partial charge >= 0.3 is 0 Å². The van der Waals surface area contributed by atoms with E-state index in [4.69, 9.17) is 27.6 Å². The van der Waals surface area contributed by atoms with Crippen molar-refractivity contribution in [2.45, 2.75) is 37.8 Å². The van der Waals surface area contributed by atoms with Crippen LogP contribution in [0.25, 0.3) is 44.5 Å². The second-order valence-electron chi connectivity index (χ2n) is 14.4. The van der Waals surface area contributed by atoms with Gasteiger partial charge in [-0.15, -0.1) is 10.2 Å². The molecule has 3 aromatic heterocycles. The lowest BCUT2D eigenvalue weighted by atomic mass is 10.1. The van der Waals surface area contributed by atoms with Crippen LogP contribution in [-0.4, -0.2) is 78.8 Å². The van der Waals surface area contributed by atoms with E-state index >= 15 is 0 Å². The van der Waals surface area contributed by atoms with E-state index in [9.17, 15) is 19.2 Å². The van der Waals surface area contributed by atoms with Gasteiger partial charge in [-0.1, -0.05) is 71.7 Å². The topological polar surface area (TPSA) is 164 Å². The minimum atomic E-state index is -0.667. The molecule has 4 aromatic carbocycles. The SMILES string of the molecule is O=C(Nc1ccc(-c2nnc(-c3ccc(NC(=O)C4CCCN4C(=O)c4nc(Cl)cc5ccccc45)cc3)o2)cc1)C1CCCN1C(=O)c1nc(Cl)cc2ccccc12. The first-order valence-corrected chi connectivity index (χ1v) is 19.8. The van der Waals surface area contributed by atoms with Crippen molar-refractivity contribution in [3.05, 3.63) is 131 Å². The molecule has 2 unspecified atom stereocenters. The summed E-state index contributed by atoms with van der Waals surface area (Å²) < 4.78 is 5.99. The maximum Gasteiger partial charge on any atom is 0.273 e. The van der Waals surface area contributed by atoms with Crippen molar-refractivity contribution in [1.29, 1.82) is 0 Å². The summed E-state index contributed by atoms with van der Waals surface area (Å²) in [6.45, 7) is 0.858. The molecule has 9 rings (SSSR count). The van der Waals surface area contributed by atoms with Crippen molar-refractivity contribution in [2.24, 2.45) is 0 Å². The molecule has 2 aliphatic heterocycles. The Kier molecular flexibility index (Phi) is 10.2. The third-order valence-electron chi connectivity index (χ3n) is 10.7. The van der Waals surface area contributed by atoms with Crippen molar-refractivity contribution in [2.75, 3.05) is 23.7 Å². The molecule has 0 radical (unpaired) electrons. The molecule has 7 aromatic rings. The molecule has 15 heteroatoms. The lowest BCUT2D eigenvalue weighted by Crippen LogP contribution is -2.43. The summed E-state index contributed by atoms with van der Waals surface area (Å²) in [4.78, 5) is 66.0. The van der Waals surface area contributed by atoms with Gasteiger partial charge in [-0.2, -0.15) is 0 Å². The number of rotatable bonds is 8. The molecule has 2 saturated heterocycles. The van der Waals surface area contributed by atoms with E-state index in [1.807, 2.05) is 48.5 Å². The highest BCUT2D eigenvalue weighted by Crippen LogP contribution is 2.30. The molecule has 0 spiro atoms. The molecule has 59 heavy (non-hydrogen) atoms. The van der Waals surface area contributed by atoms with Gasteiger partial charge in [0, 0.05) is 46.4 Å². The summed E-state index contributed by atoms with van der Waals surface area (Å²) >= 11 is 12.5. The third-order valence-corrected chi connectivity index (χ3v) is 11.1. The Labute approximate surface area is 347 Å². The van der Waals surface area contributed by atoms with Crippen molar-refractivity contribution >= 4 is 79.8 Å². The number of carbonyl (C=O) groups excluding carboxylic acids is 4. The average molecular weight is 826 g/mol. The van der Waals surface area contributed by atoms with E-state index in [1.165, 1.54) is 0 Å². The van der Waals surface area contributed by atoms with E-state index in [-0.39, 0.29) is 57.1 Å². The Bertz CT molecular complexity index is 2590. The number of nitrogens with zero attached hydrogens (tertiary/aromatic N) is 6. The highest BCUT2D eigenvalue weighted by Gasteiger charge is 2.37. The van der Waals surface area contributed by atoms with Crippen LogP contribution in [0.2, 0.25) is 10.3 Å². The molecule has 294 valence electrons. The maximum atomic E-state index is 13.7. The second kappa shape index (κ2) is 15.9. The first-order valence-electron chi connectivity index (χ1n) is 19.1. The third kappa shape index (κ3) is 7.57. The van der Waals surface area contributed by atoms with Crippen LogP contribution in [0.4, 0.5) is 11.4 Å². The van der Waals surface area contributed by atoms with Gasteiger partial charge in [-0.3, -0.25) is 19.2 Å². The minimum Gasteiger partial charge on any atom is -0.416 e. The average Bonchev–Trinajstić information content (AvgIpc) is 4.06. The van der Waals surface area contributed by atoms with Crippen molar-refractivity contribution < 1.29 is 23.6 Å². The standard InChI is InChI=1S/C44H34Cl2N8O5/c45-35-23-27-7-1-3-9-31(27)37(49-35)43(57)53-21-5-11-33(53)39(55)47-29-17-13-25(14-18-29)41-51-52-42(59-41)26-15-19-30(20-16-26)48-40(56)34-12-6-22-54(34)44(58)38-32-10-4-2-8-28(32)24-36(46)50-38/h1-4,7-10,13-20,23-24,33-34H,5-6,11-12,21-22H2,(H,47,55)(H,48,56). The fourth-order valence-electron chi connectivity index (χ4n) is 7.80. The lowest BCUT2D eigenvalue weighted by molar-refractivity contribution is -0.120. The van der Waals surface area contributed by atoms with Gasteiger partial charge in [0.1, 0.15) is 33.8 Å². The summed E-state index contributed by atoms with van der Waals surface area (Å²) in [7, 11) is 0. The molecule has 0 aliphatic carbocycles. The van der Waals surface area contributed by atoms with Gasteiger partial charge in [0.05, 0.1) is 0 Å². The summed E-state index contributed by atoms with van der Waals surface area (Å²) in [5.41, 5.74) is 2.81. The molecular weight excluding hydrogens is 791 g/mol. The van der Waals surface area contributed by atoms with Gasteiger partial charge in [0.15, 0.2) is 0 Å². The highest BCUT2D eigenvalue weighted by molar-refractivity contribution is 6.31. The van der Waals surface area contributed by atoms with Gasteiger partial charge in [0.25, 0.3) is 11.8 Å². The molecule has 2 fully saturated rings. The number of amides is 4. The number of benzene rings is 4. The molecule has 0 bridgehead atoms. The molecule has 0 saturated carbocycles. The number of likely N-dealkylation sites (tertiary alicyclic amines) is 2. The molecule has 2 N–H and O–H groups in total. The van der Waals surface area contributed by atoms with E-state index < -0.39 is 12.1 Å². The van der Waals surface area contributed by atoms with Crippen LogP contribution in [0.3, 0.4) is 0 Å². The fraction of sp³-hybridized carbons (Fsp3) is 0.182. The zero-order chi connectivity index (χ0) is 40.6. The van der Waals surface area contributed by atoms with Gasteiger partial charge in [-0.25, -0.2) is 9.97 Å². The number of hydrogen-bond donors (Lipinski definition) is 2. The summed E-state index contributed by atoms with van der Waals surface area (Å²) in [5.74, 6) is -0.725. The quantitative estimate of drug-likeness (QED) is 0.144. The van der Waals surface area contributed by atoms with Crippen molar-refractivity contribution in [3.63, 3.8) is 0 Å². The van der Waals surface area contributed by atoms with Gasteiger partial charge in [0.2, 0.25) is 23.6 Å². The van der Waals surface area contributed by atoms with Crippen molar-refractivity contribution in [1.82, 2.24) is 30.0 Å². The fourth-order valence-corrected chi connectivity index (χ4v) is 8.20. The molecule has 2 atom stereocenters. The normalized spacial score (nSPS) is 16.4. The Morgan fingerprint density at radius 3 is 1.41 bits per heavy atom. The van der Waals surface area contributed by atoms with E-state index in [1.54, 1.807) is 70.5 Å². The maximum absolute atomic E-state index is 13.7. The molecule has 2 aliphatic rings. The highest BCUT2D eigenvalue weighted by atomic mass is 35.5. The zero-order valence-corrected chi connectivity index (χ0v) is 32.8. The first kappa shape index (κ1) is 37.9. The number of halogens is 2. The van der Waals surface area contributed by atoms with Gasteiger partial charge < -0.3 is 24.9 Å². The largest absolute Gasteiger partial charge is 0.416 e. The number of anilines is 2. The summed E-state index contributed by atoms with van der Waals surface area (Å²) in [6.07, 6.45) is 2.40.